The van der Waals surface area contributed by atoms with Crippen LogP contribution < -0.4 is 4.74 Å². The molecule has 1 fully saturated rings. The summed E-state index contributed by atoms with van der Waals surface area (Å²) in [6.45, 7) is 4.48. The van der Waals surface area contributed by atoms with Crippen molar-refractivity contribution in [1.29, 1.82) is 0 Å². The third kappa shape index (κ3) is 5.83. The summed E-state index contributed by atoms with van der Waals surface area (Å²) in [6.07, 6.45) is 13.0. The number of hydrogen-bond donors (Lipinski definition) is 0. The molecule has 0 atom stereocenters. The maximum Gasteiger partial charge on any atom is 0.311 e. The van der Waals surface area contributed by atoms with Crippen molar-refractivity contribution in [2.45, 2.75) is 90.4 Å². The van der Waals surface area contributed by atoms with Crippen molar-refractivity contribution < 1.29 is 9.53 Å². The van der Waals surface area contributed by atoms with E-state index in [0.29, 0.717) is 18.1 Å². The van der Waals surface area contributed by atoms with Gasteiger partial charge in [-0.3, -0.25) is 4.79 Å². The lowest BCUT2D eigenvalue weighted by atomic mass is 9.77. The first kappa shape index (κ1) is 20.9. The van der Waals surface area contributed by atoms with Crippen LogP contribution in [0.15, 0.2) is 36.4 Å². The highest BCUT2D eigenvalue weighted by atomic mass is 16.5. The molecule has 28 heavy (non-hydrogen) atoms. The zero-order valence-corrected chi connectivity index (χ0v) is 17.7. The van der Waals surface area contributed by atoms with Crippen LogP contribution in [-0.2, 0) is 4.79 Å². The van der Waals surface area contributed by atoms with Gasteiger partial charge in [-0.1, -0.05) is 70.2 Å². The van der Waals surface area contributed by atoms with E-state index in [-0.39, 0.29) is 5.97 Å². The molecular formula is C26H36O2. The lowest BCUT2D eigenvalue weighted by Gasteiger charge is -2.28. The number of carbonyl (C=O) groups is 1. The molecule has 152 valence electrons. The van der Waals surface area contributed by atoms with Crippen molar-refractivity contribution in [3.05, 3.63) is 42.0 Å². The molecule has 0 aromatic heterocycles. The smallest absolute Gasteiger partial charge is 0.311 e. The Hall–Kier alpha value is -1.83. The van der Waals surface area contributed by atoms with E-state index < -0.39 is 0 Å². The minimum atomic E-state index is -0.115. The second-order valence-electron chi connectivity index (χ2n) is 8.56. The molecule has 2 heteroatoms. The molecule has 0 N–H and O–H groups in total. The number of benzene rings is 2. The Kier molecular flexibility index (Phi) is 7.94. The van der Waals surface area contributed by atoms with Crippen molar-refractivity contribution >= 4 is 16.7 Å². The SMILES string of the molecule is CCCCCCC(=O)Oc1ccc2cc(C3CCC(CCC)CC3)ccc2c1. The molecule has 0 amide bonds. The van der Waals surface area contributed by atoms with E-state index in [9.17, 15) is 4.79 Å². The molecule has 3 rings (SSSR count). The molecule has 1 saturated carbocycles. The Morgan fingerprint density at radius 3 is 2.39 bits per heavy atom. The summed E-state index contributed by atoms with van der Waals surface area (Å²) in [4.78, 5) is 12.0. The molecule has 1 aliphatic carbocycles. The van der Waals surface area contributed by atoms with Gasteiger partial charge < -0.3 is 4.74 Å². The van der Waals surface area contributed by atoms with Crippen LogP contribution >= 0.6 is 0 Å². The van der Waals surface area contributed by atoms with Crippen molar-refractivity contribution in [3.8, 4) is 5.75 Å². The summed E-state index contributed by atoms with van der Waals surface area (Å²) >= 11 is 0. The van der Waals surface area contributed by atoms with Crippen LogP contribution in [0.1, 0.15) is 96.0 Å². The second kappa shape index (κ2) is 10.6. The summed E-state index contributed by atoms with van der Waals surface area (Å²) in [7, 11) is 0. The quantitative estimate of drug-likeness (QED) is 0.252. The molecule has 0 saturated heterocycles. The van der Waals surface area contributed by atoms with Crippen molar-refractivity contribution in [3.63, 3.8) is 0 Å². The lowest BCUT2D eigenvalue weighted by molar-refractivity contribution is -0.134. The minimum absolute atomic E-state index is 0.115. The van der Waals surface area contributed by atoms with Gasteiger partial charge in [0.15, 0.2) is 0 Å². The Labute approximate surface area is 170 Å². The van der Waals surface area contributed by atoms with Gasteiger partial charge in [0.1, 0.15) is 5.75 Å². The Morgan fingerprint density at radius 2 is 1.64 bits per heavy atom. The number of esters is 1. The van der Waals surface area contributed by atoms with E-state index in [2.05, 4.69) is 38.1 Å². The second-order valence-corrected chi connectivity index (χ2v) is 8.56. The molecule has 2 aromatic carbocycles. The van der Waals surface area contributed by atoms with Crippen LogP contribution in [0, 0.1) is 5.92 Å². The van der Waals surface area contributed by atoms with Gasteiger partial charge >= 0.3 is 5.97 Å². The van der Waals surface area contributed by atoms with Crippen LogP contribution in [0.5, 0.6) is 5.75 Å². The monoisotopic (exact) mass is 380 g/mol. The maximum atomic E-state index is 12.0. The van der Waals surface area contributed by atoms with Crippen molar-refractivity contribution in [1.82, 2.24) is 0 Å². The van der Waals surface area contributed by atoms with Crippen LogP contribution in [0.3, 0.4) is 0 Å². The fourth-order valence-corrected chi connectivity index (χ4v) is 4.63. The first-order chi connectivity index (χ1) is 13.7. The largest absolute Gasteiger partial charge is 0.427 e. The topological polar surface area (TPSA) is 26.3 Å². The molecule has 0 heterocycles. The highest BCUT2D eigenvalue weighted by Gasteiger charge is 2.22. The zero-order chi connectivity index (χ0) is 19.8. The predicted molar refractivity (Wildman–Crippen MR) is 118 cm³/mol. The van der Waals surface area contributed by atoms with Gasteiger partial charge in [0.25, 0.3) is 0 Å². The zero-order valence-electron chi connectivity index (χ0n) is 17.7. The first-order valence-electron chi connectivity index (χ1n) is 11.4. The van der Waals surface area contributed by atoms with Gasteiger partial charge in [-0.2, -0.15) is 0 Å². The Morgan fingerprint density at radius 1 is 0.893 bits per heavy atom. The number of unbranched alkanes of at least 4 members (excludes halogenated alkanes) is 3. The van der Waals surface area contributed by atoms with Crippen molar-refractivity contribution in [2.75, 3.05) is 0 Å². The molecule has 1 aliphatic rings. The highest BCUT2D eigenvalue weighted by molar-refractivity contribution is 5.85. The molecule has 0 bridgehead atoms. The molecular weight excluding hydrogens is 344 g/mol. The summed E-state index contributed by atoms with van der Waals surface area (Å²) in [5.41, 5.74) is 1.48. The van der Waals surface area contributed by atoms with Gasteiger partial charge in [0.2, 0.25) is 0 Å². The molecule has 0 spiro atoms. The minimum Gasteiger partial charge on any atom is -0.427 e. The fraction of sp³-hybridized carbons (Fsp3) is 0.577. The van der Waals surface area contributed by atoms with Crippen LogP contribution in [0.2, 0.25) is 0 Å². The number of rotatable bonds is 9. The Balaban J connectivity index is 1.58. The van der Waals surface area contributed by atoms with Crippen molar-refractivity contribution in [2.24, 2.45) is 5.92 Å². The van der Waals surface area contributed by atoms with Gasteiger partial charge in [0.05, 0.1) is 0 Å². The van der Waals surface area contributed by atoms with Gasteiger partial charge in [0, 0.05) is 6.42 Å². The van der Waals surface area contributed by atoms with E-state index in [1.54, 1.807) is 0 Å². The Bertz CT molecular complexity index is 756. The van der Waals surface area contributed by atoms with Gasteiger partial charge in [-0.05, 0) is 72.4 Å². The summed E-state index contributed by atoms with van der Waals surface area (Å²) in [5.74, 6) is 2.20. The molecule has 0 aliphatic heterocycles. The normalized spacial score (nSPS) is 19.6. The van der Waals surface area contributed by atoms with E-state index in [4.69, 9.17) is 4.74 Å². The third-order valence-corrected chi connectivity index (χ3v) is 6.32. The summed E-state index contributed by atoms with van der Waals surface area (Å²) in [6, 6.07) is 12.9. The highest BCUT2D eigenvalue weighted by Crippen LogP contribution is 2.38. The van der Waals surface area contributed by atoms with Crippen LogP contribution in [-0.4, -0.2) is 5.97 Å². The van der Waals surface area contributed by atoms with E-state index in [1.165, 1.54) is 62.3 Å². The van der Waals surface area contributed by atoms with Crippen LogP contribution in [0.4, 0.5) is 0 Å². The van der Waals surface area contributed by atoms with Gasteiger partial charge in [-0.25, -0.2) is 0 Å². The molecule has 2 nitrogen and oxygen atoms in total. The maximum absolute atomic E-state index is 12.0. The summed E-state index contributed by atoms with van der Waals surface area (Å²) < 4.78 is 5.55. The predicted octanol–water partition coefficient (Wildman–Crippen LogP) is 7.79. The van der Waals surface area contributed by atoms with Gasteiger partial charge in [-0.15, -0.1) is 0 Å². The number of fused-ring (bicyclic) bond motifs is 1. The third-order valence-electron chi connectivity index (χ3n) is 6.32. The van der Waals surface area contributed by atoms with E-state index >= 15 is 0 Å². The van der Waals surface area contributed by atoms with Crippen LogP contribution in [0.25, 0.3) is 10.8 Å². The molecule has 0 radical (unpaired) electrons. The number of ether oxygens (including phenoxy) is 1. The van der Waals surface area contributed by atoms with E-state index in [0.717, 1.165) is 24.1 Å². The lowest BCUT2D eigenvalue weighted by Crippen LogP contribution is -2.13. The first-order valence-corrected chi connectivity index (χ1v) is 11.4. The molecule has 0 unspecified atom stereocenters. The average molecular weight is 381 g/mol. The fourth-order valence-electron chi connectivity index (χ4n) is 4.63. The van der Waals surface area contributed by atoms with E-state index in [1.807, 2.05) is 12.1 Å². The standard InChI is InChI=1S/C26H36O2/c1-3-5-6-7-9-26(27)28-25-17-16-23-18-22(14-15-24(23)19-25)21-12-10-20(8-4-2)11-13-21/h14-21H,3-13H2,1-2H3. The average Bonchev–Trinajstić information content (AvgIpc) is 2.72. The summed E-state index contributed by atoms with van der Waals surface area (Å²) in [5, 5.41) is 2.40. The number of hydrogen-bond acceptors (Lipinski definition) is 2. The number of carbonyl (C=O) groups excluding carboxylic acids is 1. The molecule has 2 aromatic rings.